The minimum absolute atomic E-state index is 0.904. The van der Waals surface area contributed by atoms with Crippen molar-refractivity contribution in [1.82, 2.24) is 0 Å². The quantitative estimate of drug-likeness (QED) is 0.471. The van der Waals surface area contributed by atoms with E-state index in [0.717, 1.165) is 11.0 Å². The minimum atomic E-state index is -1.33. The van der Waals surface area contributed by atoms with Crippen LogP contribution >= 0.6 is 54.6 Å². The zero-order valence-corrected chi connectivity index (χ0v) is 9.16. The van der Waals surface area contributed by atoms with Crippen LogP contribution < -0.4 is 0 Å². The van der Waals surface area contributed by atoms with Crippen molar-refractivity contribution in [3.8, 4) is 0 Å². The Labute approximate surface area is 71.6 Å². The van der Waals surface area contributed by atoms with Crippen LogP contribution in [0.4, 0.5) is 0 Å². The normalized spacial score (nSPS) is 14.0. The van der Waals surface area contributed by atoms with Crippen LogP contribution in [0.1, 0.15) is 0 Å². The van der Waals surface area contributed by atoms with Gasteiger partial charge in [0.2, 0.25) is 0 Å². The molecule has 0 nitrogen and oxygen atoms in total. The van der Waals surface area contributed by atoms with Crippen LogP contribution in [0, 0.1) is 0 Å². The summed E-state index contributed by atoms with van der Waals surface area (Å²) in [6.45, 7) is 0. The van der Waals surface area contributed by atoms with Crippen LogP contribution in [-0.2, 0) is 0 Å². The van der Waals surface area contributed by atoms with Gasteiger partial charge in [0.25, 0.3) is 0 Å². The van der Waals surface area contributed by atoms with Crippen molar-refractivity contribution in [2.24, 2.45) is 0 Å². The van der Waals surface area contributed by atoms with Gasteiger partial charge < -0.3 is 0 Å². The molecule has 0 heterocycles. The maximum atomic E-state index is 4.47. The molecule has 0 rings (SSSR count). The van der Waals surface area contributed by atoms with Crippen molar-refractivity contribution < 1.29 is 0 Å². The van der Waals surface area contributed by atoms with Crippen LogP contribution in [-0.4, -0.2) is 17.2 Å². The van der Waals surface area contributed by atoms with E-state index in [4.69, 9.17) is 0 Å². The molecule has 5 heteroatoms. The summed E-state index contributed by atoms with van der Waals surface area (Å²) >= 11 is 14.6. The van der Waals surface area contributed by atoms with Gasteiger partial charge in [-0.3, -0.25) is 0 Å². The molecular formula is C3H11PS4. The zero-order valence-electron chi connectivity index (χ0n) is 4.66. The van der Waals surface area contributed by atoms with Gasteiger partial charge in [0.05, 0.1) is 0 Å². The summed E-state index contributed by atoms with van der Waals surface area (Å²) in [5, 5.41) is 0. The standard InChI is InChI=1S/C3H11PS4/c1-8-4(7,2-5)3-6/h4-7H,2-3H2,1H3. The molecule has 0 aromatic carbocycles. The van der Waals surface area contributed by atoms with E-state index in [1.807, 2.05) is 11.4 Å². The molecule has 0 amide bonds. The summed E-state index contributed by atoms with van der Waals surface area (Å²) in [6.07, 6.45) is 2.08. The average Bonchev–Trinajstić information content (AvgIpc) is 1.87. The predicted octanol–water partition coefficient (Wildman–Crippen LogP) is 2.63. The Kier molecular flexibility index (Phi) is 5.67. The number of hydrogen-bond acceptors (Lipinski definition) is 4. The summed E-state index contributed by atoms with van der Waals surface area (Å²) in [7, 11) is 0. The Bertz CT molecular complexity index is 54.0. The topological polar surface area (TPSA) is 0 Å². The van der Waals surface area contributed by atoms with Gasteiger partial charge in [0.15, 0.2) is 0 Å². The molecule has 0 unspecified atom stereocenters. The molecule has 0 saturated heterocycles. The predicted molar refractivity (Wildman–Crippen MR) is 58.5 cm³/mol. The Morgan fingerprint density at radius 1 is 1.38 bits per heavy atom. The number of hydrogen-bond donors (Lipinski definition) is 3. The van der Waals surface area contributed by atoms with E-state index in [9.17, 15) is 0 Å². The molecule has 0 saturated carbocycles. The summed E-state index contributed by atoms with van der Waals surface area (Å²) < 4.78 is 0. The SMILES string of the molecule is CS[PH](S)(CS)CS. The molecule has 0 radical (unpaired) electrons. The fourth-order valence-electron chi connectivity index (χ4n) is 0.179. The molecule has 0 bridgehead atoms. The summed E-state index contributed by atoms with van der Waals surface area (Å²) in [5.41, 5.74) is 0.475. The van der Waals surface area contributed by atoms with Crippen LogP contribution in [0.2, 0.25) is 0 Å². The first-order valence-corrected chi connectivity index (χ1v) is 9.09. The van der Waals surface area contributed by atoms with Crippen molar-refractivity contribution in [3.05, 3.63) is 0 Å². The Hall–Kier alpha value is 1.83. The van der Waals surface area contributed by atoms with E-state index in [1.54, 1.807) is 0 Å². The van der Waals surface area contributed by atoms with Crippen LogP contribution in [0.15, 0.2) is 0 Å². The fourth-order valence-corrected chi connectivity index (χ4v) is 4.84. The van der Waals surface area contributed by atoms with Crippen LogP contribution in [0.25, 0.3) is 0 Å². The van der Waals surface area contributed by atoms with E-state index in [1.165, 1.54) is 0 Å². The second-order valence-corrected chi connectivity index (χ2v) is 13.3. The molecule has 0 N–H and O–H groups in total. The van der Waals surface area contributed by atoms with E-state index < -0.39 is 5.67 Å². The molecule has 0 aliphatic heterocycles. The average molecular weight is 206 g/mol. The van der Waals surface area contributed by atoms with Crippen molar-refractivity contribution in [1.29, 1.82) is 0 Å². The summed E-state index contributed by atoms with van der Waals surface area (Å²) in [4.78, 5) is 0. The van der Waals surface area contributed by atoms with Gasteiger partial charge in [-0.1, -0.05) is 0 Å². The second kappa shape index (κ2) is 4.62. The van der Waals surface area contributed by atoms with Gasteiger partial charge in [0, 0.05) is 0 Å². The van der Waals surface area contributed by atoms with E-state index in [2.05, 4.69) is 43.8 Å². The monoisotopic (exact) mass is 206 g/mol. The van der Waals surface area contributed by atoms with Gasteiger partial charge >= 0.3 is 71.8 Å². The van der Waals surface area contributed by atoms with Gasteiger partial charge in [-0.05, 0) is 0 Å². The molecule has 8 heavy (non-hydrogen) atoms. The van der Waals surface area contributed by atoms with E-state index in [0.29, 0.717) is 0 Å². The Morgan fingerprint density at radius 2 is 1.75 bits per heavy atom. The summed E-state index contributed by atoms with van der Waals surface area (Å²) in [6, 6.07) is 0. The third-order valence-electron chi connectivity index (χ3n) is 0.874. The van der Waals surface area contributed by atoms with Gasteiger partial charge in [0.1, 0.15) is 0 Å². The first kappa shape index (κ1) is 9.83. The van der Waals surface area contributed by atoms with E-state index >= 15 is 0 Å². The molecular weight excluding hydrogens is 195 g/mol. The Morgan fingerprint density at radius 3 is 1.75 bits per heavy atom. The molecule has 0 aromatic rings. The second-order valence-electron chi connectivity index (χ2n) is 1.47. The molecule has 0 fully saturated rings. The maximum absolute atomic E-state index is 4.47. The van der Waals surface area contributed by atoms with Gasteiger partial charge in [-0.2, -0.15) is 0 Å². The molecule has 0 aliphatic rings. The zero-order chi connectivity index (χ0) is 6.62. The van der Waals surface area contributed by atoms with Crippen LogP contribution in [0.5, 0.6) is 0 Å². The molecule has 52 valence electrons. The summed E-state index contributed by atoms with van der Waals surface area (Å²) in [5.74, 6) is 0. The Balaban J connectivity index is 3.58. The van der Waals surface area contributed by atoms with Crippen LogP contribution in [0.3, 0.4) is 0 Å². The van der Waals surface area contributed by atoms with Crippen molar-refractivity contribution in [2.45, 2.75) is 0 Å². The third-order valence-corrected chi connectivity index (χ3v) is 14.4. The van der Waals surface area contributed by atoms with Gasteiger partial charge in [-0.15, -0.1) is 0 Å². The fraction of sp³-hybridized carbons (Fsp3) is 1.00. The molecule has 0 atom stereocenters. The van der Waals surface area contributed by atoms with Gasteiger partial charge in [-0.25, -0.2) is 0 Å². The van der Waals surface area contributed by atoms with Crippen molar-refractivity contribution in [2.75, 3.05) is 17.2 Å². The first-order chi connectivity index (χ1) is 3.68. The molecule has 0 aromatic heterocycles. The van der Waals surface area contributed by atoms with E-state index in [-0.39, 0.29) is 0 Å². The van der Waals surface area contributed by atoms with Crippen molar-refractivity contribution in [3.63, 3.8) is 0 Å². The van der Waals surface area contributed by atoms with Crippen molar-refractivity contribution >= 4 is 54.6 Å². The molecule has 0 aliphatic carbocycles. The first-order valence-electron chi connectivity index (χ1n) is 2.18. The third kappa shape index (κ3) is 3.11. The molecule has 0 spiro atoms. The number of thiol groups is 3. The number of rotatable bonds is 3.